The molecular formula is C13H15ClN2O3. The van der Waals surface area contributed by atoms with Crippen molar-refractivity contribution in [2.24, 2.45) is 5.92 Å². The number of halogens is 1. The van der Waals surface area contributed by atoms with E-state index < -0.39 is 5.92 Å². The molecule has 6 heteroatoms. The van der Waals surface area contributed by atoms with E-state index in [1.54, 1.807) is 36.1 Å². The first kappa shape index (κ1) is 13.8. The van der Waals surface area contributed by atoms with Gasteiger partial charge in [0.25, 0.3) is 5.91 Å². The molecule has 5 nitrogen and oxygen atoms in total. The van der Waals surface area contributed by atoms with E-state index in [-0.39, 0.29) is 11.8 Å². The Bertz CT molecular complexity index is 475. The van der Waals surface area contributed by atoms with Gasteiger partial charge in [0.05, 0.1) is 6.61 Å². The second kappa shape index (κ2) is 6.04. The minimum Gasteiger partial charge on any atom is -0.312 e. The quantitative estimate of drug-likeness (QED) is 0.676. The molecule has 0 aliphatic carbocycles. The number of carbonyl (C=O) groups excluding carboxylic acids is 2. The summed E-state index contributed by atoms with van der Waals surface area (Å²) < 4.78 is 0. The van der Waals surface area contributed by atoms with E-state index in [9.17, 15) is 9.59 Å². The minimum absolute atomic E-state index is 0.209. The zero-order valence-corrected chi connectivity index (χ0v) is 11.3. The molecule has 2 amide bonds. The highest BCUT2D eigenvalue weighted by atomic mass is 35.5. The van der Waals surface area contributed by atoms with Crippen molar-refractivity contribution in [1.29, 1.82) is 0 Å². The molecule has 0 radical (unpaired) electrons. The number of anilines is 1. The maximum Gasteiger partial charge on any atom is 0.256 e. The predicted octanol–water partition coefficient (Wildman–Crippen LogP) is 1.76. The van der Waals surface area contributed by atoms with Gasteiger partial charge in [-0.25, -0.2) is 5.48 Å². The van der Waals surface area contributed by atoms with Crippen LogP contribution in [0.2, 0.25) is 5.02 Å². The molecule has 0 saturated carbocycles. The number of benzene rings is 1. The van der Waals surface area contributed by atoms with Crippen LogP contribution < -0.4 is 10.4 Å². The Morgan fingerprint density at radius 1 is 1.47 bits per heavy atom. The van der Waals surface area contributed by atoms with E-state index in [2.05, 4.69) is 5.48 Å². The summed E-state index contributed by atoms with van der Waals surface area (Å²) in [5.74, 6) is -1.27. The average Bonchev–Trinajstić information content (AvgIpc) is 2.79. The largest absolute Gasteiger partial charge is 0.312 e. The van der Waals surface area contributed by atoms with Gasteiger partial charge in [0.1, 0.15) is 5.92 Å². The van der Waals surface area contributed by atoms with E-state index in [0.29, 0.717) is 24.6 Å². The van der Waals surface area contributed by atoms with E-state index >= 15 is 0 Å². The molecule has 0 spiro atoms. The van der Waals surface area contributed by atoms with Gasteiger partial charge in [0, 0.05) is 17.3 Å². The first-order chi connectivity index (χ1) is 9.13. The van der Waals surface area contributed by atoms with Gasteiger partial charge in [-0.1, -0.05) is 11.6 Å². The Balaban J connectivity index is 2.05. The number of hydrogen-bond acceptors (Lipinski definition) is 3. The van der Waals surface area contributed by atoms with Crippen molar-refractivity contribution in [1.82, 2.24) is 5.48 Å². The molecular weight excluding hydrogens is 268 g/mol. The monoisotopic (exact) mass is 282 g/mol. The van der Waals surface area contributed by atoms with Crippen LogP contribution in [0.4, 0.5) is 5.69 Å². The maximum atomic E-state index is 12.2. The second-order valence-electron chi connectivity index (χ2n) is 4.21. The fraction of sp³-hybridized carbons (Fsp3) is 0.385. The zero-order valence-electron chi connectivity index (χ0n) is 10.6. The number of amides is 2. The average molecular weight is 283 g/mol. The number of nitrogens with zero attached hydrogens (tertiary/aromatic N) is 1. The van der Waals surface area contributed by atoms with Crippen molar-refractivity contribution in [3.05, 3.63) is 29.3 Å². The van der Waals surface area contributed by atoms with E-state index in [1.165, 1.54) is 0 Å². The molecule has 19 heavy (non-hydrogen) atoms. The Kier molecular flexibility index (Phi) is 4.39. The van der Waals surface area contributed by atoms with Gasteiger partial charge < -0.3 is 4.90 Å². The fourth-order valence-corrected chi connectivity index (χ4v) is 2.14. The van der Waals surface area contributed by atoms with Crippen LogP contribution in [-0.4, -0.2) is 25.0 Å². The molecule has 1 aliphatic rings. The summed E-state index contributed by atoms with van der Waals surface area (Å²) in [6.45, 7) is 2.65. The van der Waals surface area contributed by atoms with Gasteiger partial charge >= 0.3 is 0 Å². The molecule has 1 saturated heterocycles. The first-order valence-corrected chi connectivity index (χ1v) is 6.50. The number of rotatable bonds is 4. The normalized spacial score (nSPS) is 18.7. The molecule has 1 fully saturated rings. The summed E-state index contributed by atoms with van der Waals surface area (Å²) in [5, 5.41) is 0.612. The van der Waals surface area contributed by atoms with Gasteiger partial charge in [-0.15, -0.1) is 0 Å². The Hall–Kier alpha value is -1.59. The van der Waals surface area contributed by atoms with Gasteiger partial charge in [0.15, 0.2) is 0 Å². The lowest BCUT2D eigenvalue weighted by atomic mass is 10.1. The smallest absolute Gasteiger partial charge is 0.256 e. The van der Waals surface area contributed by atoms with Crippen LogP contribution in [-0.2, 0) is 14.4 Å². The van der Waals surface area contributed by atoms with Crippen LogP contribution in [0.3, 0.4) is 0 Å². The summed E-state index contributed by atoms with van der Waals surface area (Å²) >= 11 is 5.81. The highest BCUT2D eigenvalue weighted by Gasteiger charge is 2.37. The lowest BCUT2D eigenvalue weighted by Gasteiger charge is -2.16. The van der Waals surface area contributed by atoms with Gasteiger partial charge in [0.2, 0.25) is 5.91 Å². The van der Waals surface area contributed by atoms with Gasteiger partial charge in [-0.2, -0.15) is 0 Å². The number of hydroxylamine groups is 1. The van der Waals surface area contributed by atoms with Crippen LogP contribution in [0.15, 0.2) is 24.3 Å². The molecule has 1 aliphatic heterocycles. The number of nitrogens with one attached hydrogen (secondary N) is 1. The summed E-state index contributed by atoms with van der Waals surface area (Å²) in [4.78, 5) is 30.3. The number of carbonyl (C=O) groups is 2. The highest BCUT2D eigenvalue weighted by Crippen LogP contribution is 2.26. The third-order valence-electron chi connectivity index (χ3n) is 2.98. The van der Waals surface area contributed by atoms with Crippen LogP contribution in [0.5, 0.6) is 0 Å². The van der Waals surface area contributed by atoms with Gasteiger partial charge in [-0.05, 0) is 37.6 Å². The Morgan fingerprint density at radius 2 is 2.16 bits per heavy atom. The molecule has 0 bridgehead atoms. The van der Waals surface area contributed by atoms with Crippen molar-refractivity contribution in [3.8, 4) is 0 Å². The second-order valence-corrected chi connectivity index (χ2v) is 4.64. The third kappa shape index (κ3) is 3.05. The van der Waals surface area contributed by atoms with Crippen LogP contribution >= 0.6 is 11.6 Å². The lowest BCUT2D eigenvalue weighted by Crippen LogP contribution is -2.36. The summed E-state index contributed by atoms with van der Waals surface area (Å²) in [5.41, 5.74) is 3.03. The van der Waals surface area contributed by atoms with Gasteiger partial charge in [-0.3, -0.25) is 14.4 Å². The Morgan fingerprint density at radius 3 is 2.79 bits per heavy atom. The molecule has 1 aromatic carbocycles. The van der Waals surface area contributed by atoms with E-state index in [0.717, 1.165) is 5.69 Å². The Labute approximate surface area is 116 Å². The minimum atomic E-state index is -0.678. The fourth-order valence-electron chi connectivity index (χ4n) is 2.02. The van der Waals surface area contributed by atoms with Crippen LogP contribution in [0.1, 0.15) is 13.3 Å². The molecule has 0 aromatic heterocycles. The molecule has 1 atom stereocenters. The van der Waals surface area contributed by atoms with E-state index in [1.807, 2.05) is 0 Å². The summed E-state index contributed by atoms with van der Waals surface area (Å²) in [6.07, 6.45) is 0.486. The molecule has 2 rings (SSSR count). The summed E-state index contributed by atoms with van der Waals surface area (Å²) in [6, 6.07) is 6.97. The molecule has 102 valence electrons. The van der Waals surface area contributed by atoms with Crippen molar-refractivity contribution in [2.75, 3.05) is 18.1 Å². The third-order valence-corrected chi connectivity index (χ3v) is 3.23. The van der Waals surface area contributed by atoms with Crippen molar-refractivity contribution >= 4 is 29.1 Å². The maximum absolute atomic E-state index is 12.2. The SMILES string of the molecule is CCONC(=O)[C@@H]1CCN(c2ccc(Cl)cc2)C1=O. The molecule has 1 aromatic rings. The zero-order chi connectivity index (χ0) is 13.8. The van der Waals surface area contributed by atoms with Crippen LogP contribution in [0.25, 0.3) is 0 Å². The summed E-state index contributed by atoms with van der Waals surface area (Å²) in [7, 11) is 0. The van der Waals surface area contributed by atoms with Crippen molar-refractivity contribution in [3.63, 3.8) is 0 Å². The predicted molar refractivity (Wildman–Crippen MR) is 71.7 cm³/mol. The molecule has 1 heterocycles. The number of hydrogen-bond donors (Lipinski definition) is 1. The molecule has 0 unspecified atom stereocenters. The van der Waals surface area contributed by atoms with Crippen molar-refractivity contribution < 1.29 is 14.4 Å². The standard InChI is InChI=1S/C13H15ClN2O3/c1-2-19-15-12(17)11-7-8-16(13(11)18)10-5-3-9(14)4-6-10/h3-6,11H,2,7-8H2,1H3,(H,15,17)/t11-/m0/s1. The first-order valence-electron chi connectivity index (χ1n) is 6.12. The van der Waals surface area contributed by atoms with Crippen LogP contribution in [0, 0.1) is 5.92 Å². The van der Waals surface area contributed by atoms with E-state index in [4.69, 9.17) is 16.4 Å². The topological polar surface area (TPSA) is 58.6 Å². The highest BCUT2D eigenvalue weighted by molar-refractivity contribution is 6.30. The lowest BCUT2D eigenvalue weighted by molar-refractivity contribution is -0.141. The molecule has 1 N–H and O–H groups in total. The van der Waals surface area contributed by atoms with Crippen molar-refractivity contribution in [2.45, 2.75) is 13.3 Å².